The van der Waals surface area contributed by atoms with E-state index in [-0.39, 0.29) is 12.3 Å². The zero-order valence-electron chi connectivity index (χ0n) is 19.8. The lowest BCUT2D eigenvalue weighted by molar-refractivity contribution is -0.0756. The van der Waals surface area contributed by atoms with Gasteiger partial charge in [-0.2, -0.15) is 0 Å². The number of rotatable bonds is 7. The van der Waals surface area contributed by atoms with Crippen molar-refractivity contribution in [3.8, 4) is 0 Å². The van der Waals surface area contributed by atoms with Gasteiger partial charge < -0.3 is 15.2 Å². The Balaban J connectivity index is 1.32. The van der Waals surface area contributed by atoms with E-state index in [0.717, 1.165) is 29.5 Å². The molecule has 5 aromatic rings. The molecule has 2 unspecified atom stereocenters. The quantitative estimate of drug-likeness (QED) is 0.328. The second-order valence-electron chi connectivity index (χ2n) is 8.96. The molecule has 7 heteroatoms. The second kappa shape index (κ2) is 9.53. The fraction of sp³-hybridized carbons (Fsp3) is 0.207. The van der Waals surface area contributed by atoms with Crippen molar-refractivity contribution in [2.24, 2.45) is 0 Å². The maximum absolute atomic E-state index is 6.95. The Morgan fingerprint density at radius 1 is 0.806 bits per heavy atom. The van der Waals surface area contributed by atoms with Crippen LogP contribution in [0.3, 0.4) is 0 Å². The summed E-state index contributed by atoms with van der Waals surface area (Å²) in [7, 11) is 0. The number of hydrogen-bond acceptors (Lipinski definition) is 6. The lowest BCUT2D eigenvalue weighted by Gasteiger charge is -2.36. The predicted octanol–water partition coefficient (Wildman–Crippen LogP) is 5.09. The number of nitrogen functional groups attached to an aromatic ring is 1. The zero-order chi connectivity index (χ0) is 24.4. The molecule has 1 fully saturated rings. The van der Waals surface area contributed by atoms with Gasteiger partial charge in [0.2, 0.25) is 0 Å². The molecule has 2 N–H and O–H groups in total. The fourth-order valence-corrected chi connectivity index (χ4v) is 5.08. The Kier molecular flexibility index (Phi) is 5.93. The van der Waals surface area contributed by atoms with Crippen LogP contribution in [-0.4, -0.2) is 32.2 Å². The van der Waals surface area contributed by atoms with Crippen molar-refractivity contribution in [3.63, 3.8) is 0 Å². The lowest BCUT2D eigenvalue weighted by atomic mass is 9.80. The van der Waals surface area contributed by atoms with Crippen molar-refractivity contribution < 1.29 is 9.47 Å². The molecular weight excluding hydrogens is 450 g/mol. The molecular formula is C29H27N5O2. The summed E-state index contributed by atoms with van der Waals surface area (Å²) < 4.78 is 15.3. The van der Waals surface area contributed by atoms with Crippen LogP contribution < -0.4 is 5.73 Å². The van der Waals surface area contributed by atoms with Crippen LogP contribution >= 0.6 is 0 Å². The normalized spacial score (nSPS) is 18.0. The van der Waals surface area contributed by atoms with Crippen LogP contribution in [0.1, 0.15) is 35.8 Å². The van der Waals surface area contributed by atoms with E-state index in [1.807, 2.05) is 22.8 Å². The molecule has 0 aliphatic carbocycles. The Morgan fingerprint density at radius 2 is 1.39 bits per heavy atom. The maximum Gasteiger partial charge on any atom is 0.167 e. The molecule has 2 aromatic heterocycles. The van der Waals surface area contributed by atoms with Crippen molar-refractivity contribution in [2.45, 2.75) is 30.8 Å². The molecule has 1 aliphatic heterocycles. The topological polar surface area (TPSA) is 88.1 Å². The molecule has 3 heterocycles. The minimum atomic E-state index is -0.769. The molecule has 36 heavy (non-hydrogen) atoms. The number of nitrogens with zero attached hydrogens (tertiary/aromatic N) is 4. The van der Waals surface area contributed by atoms with E-state index in [1.165, 1.54) is 6.33 Å². The maximum atomic E-state index is 6.95. The average molecular weight is 478 g/mol. The summed E-state index contributed by atoms with van der Waals surface area (Å²) in [5.41, 5.74) is 9.70. The molecule has 0 amide bonds. The summed E-state index contributed by atoms with van der Waals surface area (Å²) in [4.78, 5) is 12.8. The molecule has 3 aromatic carbocycles. The van der Waals surface area contributed by atoms with Crippen molar-refractivity contribution in [1.29, 1.82) is 0 Å². The molecule has 2 atom stereocenters. The van der Waals surface area contributed by atoms with Gasteiger partial charge in [0.05, 0.1) is 19.0 Å². The zero-order valence-corrected chi connectivity index (χ0v) is 19.8. The molecule has 1 aliphatic rings. The van der Waals surface area contributed by atoms with Crippen molar-refractivity contribution in [3.05, 3.63) is 120 Å². The first-order chi connectivity index (χ1) is 17.8. The minimum Gasteiger partial charge on any atom is -0.382 e. The van der Waals surface area contributed by atoms with Crippen LogP contribution in [-0.2, 0) is 15.1 Å². The highest BCUT2D eigenvalue weighted by atomic mass is 16.6. The second-order valence-corrected chi connectivity index (χ2v) is 8.96. The lowest BCUT2D eigenvalue weighted by Crippen LogP contribution is -2.35. The molecule has 6 rings (SSSR count). The van der Waals surface area contributed by atoms with E-state index < -0.39 is 5.60 Å². The number of anilines is 1. The third kappa shape index (κ3) is 3.92. The summed E-state index contributed by atoms with van der Waals surface area (Å²) in [6, 6.07) is 31.2. The Labute approximate surface area is 209 Å². The van der Waals surface area contributed by atoms with Gasteiger partial charge >= 0.3 is 0 Å². The van der Waals surface area contributed by atoms with Crippen molar-refractivity contribution >= 4 is 17.0 Å². The van der Waals surface area contributed by atoms with E-state index in [1.54, 1.807) is 6.33 Å². The number of ether oxygens (including phenoxy) is 2. The van der Waals surface area contributed by atoms with Gasteiger partial charge in [-0.05, 0) is 29.5 Å². The first-order valence-corrected chi connectivity index (χ1v) is 12.1. The number of aromatic nitrogens is 4. The van der Waals surface area contributed by atoms with Gasteiger partial charge in [0.25, 0.3) is 0 Å². The number of hydrogen-bond donors (Lipinski definition) is 1. The van der Waals surface area contributed by atoms with E-state index in [2.05, 4.69) is 87.7 Å². The summed E-state index contributed by atoms with van der Waals surface area (Å²) >= 11 is 0. The van der Waals surface area contributed by atoms with Crippen LogP contribution in [0.25, 0.3) is 11.2 Å². The first-order valence-electron chi connectivity index (χ1n) is 12.1. The molecule has 0 saturated carbocycles. The van der Waals surface area contributed by atoms with Gasteiger partial charge in [0.15, 0.2) is 11.5 Å². The number of fused-ring (bicyclic) bond motifs is 1. The Bertz CT molecular complexity index is 1340. The van der Waals surface area contributed by atoms with Crippen LogP contribution in [0.5, 0.6) is 0 Å². The van der Waals surface area contributed by atoms with Crippen LogP contribution in [0.2, 0.25) is 0 Å². The van der Waals surface area contributed by atoms with Crippen LogP contribution in [0.4, 0.5) is 5.82 Å². The minimum absolute atomic E-state index is 0.0813. The largest absolute Gasteiger partial charge is 0.382 e. The van der Waals surface area contributed by atoms with E-state index in [0.29, 0.717) is 23.6 Å². The van der Waals surface area contributed by atoms with Gasteiger partial charge in [-0.3, -0.25) is 4.57 Å². The van der Waals surface area contributed by atoms with Gasteiger partial charge in [-0.25, -0.2) is 15.0 Å². The van der Waals surface area contributed by atoms with Crippen molar-refractivity contribution in [1.82, 2.24) is 19.5 Å². The third-order valence-corrected chi connectivity index (χ3v) is 6.81. The monoisotopic (exact) mass is 477 g/mol. The first kappa shape index (κ1) is 22.4. The SMILES string of the molecule is Nc1ncnc2c1ncn2C1CCC(COC(c2ccccc2)(c2ccccc2)c2ccccc2)O1. The third-order valence-electron chi connectivity index (χ3n) is 6.81. The molecule has 0 radical (unpaired) electrons. The number of benzene rings is 3. The Morgan fingerprint density at radius 3 is 1.97 bits per heavy atom. The van der Waals surface area contributed by atoms with E-state index in [9.17, 15) is 0 Å². The summed E-state index contributed by atoms with van der Waals surface area (Å²) in [6.07, 6.45) is 4.61. The van der Waals surface area contributed by atoms with Crippen molar-refractivity contribution in [2.75, 3.05) is 12.3 Å². The molecule has 0 bridgehead atoms. The van der Waals surface area contributed by atoms with E-state index in [4.69, 9.17) is 15.2 Å². The molecule has 180 valence electrons. The summed E-state index contributed by atoms with van der Waals surface area (Å²) in [6.45, 7) is 0.429. The van der Waals surface area contributed by atoms with E-state index >= 15 is 0 Å². The highest BCUT2D eigenvalue weighted by Gasteiger charge is 2.39. The number of imidazole rings is 1. The average Bonchev–Trinajstić information content (AvgIpc) is 3.59. The Hall–Kier alpha value is -4.07. The molecule has 0 spiro atoms. The van der Waals surface area contributed by atoms with Crippen LogP contribution in [0.15, 0.2) is 104 Å². The standard InChI is InChI=1S/C29H27N5O2/c30-27-26-28(32-19-31-27)34(20-33-26)25-17-16-24(36-25)18-35-29(21-10-4-1-5-11-21,22-12-6-2-7-13-22)23-14-8-3-9-15-23/h1-15,19-20,24-25H,16-18H2,(H2,30,31,32). The van der Waals surface area contributed by atoms with Gasteiger partial charge in [0, 0.05) is 0 Å². The smallest absolute Gasteiger partial charge is 0.167 e. The van der Waals surface area contributed by atoms with Gasteiger partial charge in [-0.1, -0.05) is 91.0 Å². The molecule has 1 saturated heterocycles. The predicted molar refractivity (Wildman–Crippen MR) is 138 cm³/mol. The van der Waals surface area contributed by atoms with Crippen LogP contribution in [0, 0.1) is 0 Å². The summed E-state index contributed by atoms with van der Waals surface area (Å²) in [5, 5.41) is 0. The summed E-state index contributed by atoms with van der Waals surface area (Å²) in [5.74, 6) is 0.370. The van der Waals surface area contributed by atoms with Gasteiger partial charge in [0.1, 0.15) is 23.7 Å². The molecule has 7 nitrogen and oxygen atoms in total. The highest BCUT2D eigenvalue weighted by molar-refractivity contribution is 5.81. The van der Waals surface area contributed by atoms with Gasteiger partial charge in [-0.15, -0.1) is 0 Å². The fourth-order valence-electron chi connectivity index (χ4n) is 5.08. The highest BCUT2D eigenvalue weighted by Crippen LogP contribution is 2.41. The number of nitrogens with two attached hydrogens (primary N) is 1.